The van der Waals surface area contributed by atoms with Crippen LogP contribution in [-0.2, 0) is 7.05 Å². The number of carboxylic acids is 1. The number of nitrogens with zero attached hydrogens (tertiary/aromatic N) is 1. The zero-order chi connectivity index (χ0) is 11.2. The van der Waals surface area contributed by atoms with E-state index in [2.05, 4.69) is 0 Å². The highest BCUT2D eigenvalue weighted by Crippen LogP contribution is 2.30. The van der Waals surface area contributed by atoms with Crippen molar-refractivity contribution in [1.82, 2.24) is 4.57 Å². The lowest BCUT2D eigenvalue weighted by Crippen LogP contribution is -1.99. The van der Waals surface area contributed by atoms with Crippen molar-refractivity contribution in [2.75, 3.05) is 0 Å². The van der Waals surface area contributed by atoms with E-state index in [9.17, 15) is 4.79 Å². The molecule has 0 spiro atoms. The molecule has 1 aromatic carbocycles. The molecule has 0 saturated carbocycles. The van der Waals surface area contributed by atoms with Crippen LogP contribution in [0.4, 0.5) is 0 Å². The van der Waals surface area contributed by atoms with Crippen molar-refractivity contribution < 1.29 is 9.90 Å². The molecule has 0 radical (unpaired) electrons. The second-order valence-electron chi connectivity index (χ2n) is 3.55. The fourth-order valence-corrected chi connectivity index (χ4v) is 2.13. The van der Waals surface area contributed by atoms with Crippen molar-refractivity contribution in [3.63, 3.8) is 0 Å². The number of carbonyl (C=O) groups is 1. The number of rotatable bonds is 1. The largest absolute Gasteiger partial charge is 0.478 e. The first-order chi connectivity index (χ1) is 7.02. The molecule has 2 rings (SSSR count). The van der Waals surface area contributed by atoms with E-state index in [1.54, 1.807) is 6.07 Å². The molecule has 1 aromatic heterocycles. The lowest BCUT2D eigenvalue weighted by Gasteiger charge is -2.06. The molecule has 0 atom stereocenters. The van der Waals surface area contributed by atoms with Crippen LogP contribution in [0.5, 0.6) is 0 Å². The van der Waals surface area contributed by atoms with Gasteiger partial charge in [0.1, 0.15) is 0 Å². The Morgan fingerprint density at radius 3 is 2.80 bits per heavy atom. The van der Waals surface area contributed by atoms with Gasteiger partial charge in [-0.25, -0.2) is 4.79 Å². The van der Waals surface area contributed by atoms with E-state index in [-0.39, 0.29) is 5.56 Å². The van der Waals surface area contributed by atoms with Gasteiger partial charge in [-0.15, -0.1) is 0 Å². The second kappa shape index (κ2) is 3.28. The lowest BCUT2D eigenvalue weighted by atomic mass is 10.1. The fourth-order valence-electron chi connectivity index (χ4n) is 1.85. The van der Waals surface area contributed by atoms with E-state index in [0.29, 0.717) is 5.02 Å². The highest BCUT2D eigenvalue weighted by molar-refractivity contribution is 6.38. The van der Waals surface area contributed by atoms with Crippen molar-refractivity contribution >= 4 is 28.5 Å². The van der Waals surface area contributed by atoms with E-state index < -0.39 is 5.97 Å². The zero-order valence-electron chi connectivity index (χ0n) is 8.41. The predicted octanol–water partition coefficient (Wildman–Crippen LogP) is 2.84. The summed E-state index contributed by atoms with van der Waals surface area (Å²) in [4.78, 5) is 10.9. The minimum Gasteiger partial charge on any atom is -0.478 e. The smallest absolute Gasteiger partial charge is 0.337 e. The Morgan fingerprint density at radius 1 is 1.53 bits per heavy atom. The molecule has 2 aromatic rings. The minimum absolute atomic E-state index is 0.160. The van der Waals surface area contributed by atoms with Gasteiger partial charge in [0.25, 0.3) is 0 Å². The highest BCUT2D eigenvalue weighted by Gasteiger charge is 2.15. The molecule has 3 nitrogen and oxygen atoms in total. The molecule has 0 aliphatic heterocycles. The number of fused-ring (bicyclic) bond motifs is 1. The summed E-state index contributed by atoms with van der Waals surface area (Å²) in [6.45, 7) is 1.88. The topological polar surface area (TPSA) is 42.2 Å². The van der Waals surface area contributed by atoms with Crippen LogP contribution >= 0.6 is 11.6 Å². The number of carboxylic acid groups (broad SMARTS) is 1. The third-order valence-electron chi connectivity index (χ3n) is 2.51. The molecule has 15 heavy (non-hydrogen) atoms. The Labute approximate surface area is 91.9 Å². The average Bonchev–Trinajstić information content (AvgIpc) is 2.54. The molecule has 78 valence electrons. The third-order valence-corrected chi connectivity index (χ3v) is 2.92. The van der Waals surface area contributed by atoms with Crippen LogP contribution in [-0.4, -0.2) is 15.6 Å². The van der Waals surface area contributed by atoms with Gasteiger partial charge < -0.3 is 9.67 Å². The number of aromatic carboxylic acids is 1. The van der Waals surface area contributed by atoms with Crippen molar-refractivity contribution in [2.45, 2.75) is 6.92 Å². The first-order valence-electron chi connectivity index (χ1n) is 4.50. The van der Waals surface area contributed by atoms with Crippen molar-refractivity contribution in [3.05, 3.63) is 34.5 Å². The average molecular weight is 224 g/mol. The second-order valence-corrected chi connectivity index (χ2v) is 3.93. The molecule has 0 fully saturated rings. The normalized spacial score (nSPS) is 10.9. The van der Waals surface area contributed by atoms with Gasteiger partial charge in [-0.1, -0.05) is 11.6 Å². The molecular formula is C11H10ClNO2. The summed E-state index contributed by atoms with van der Waals surface area (Å²) in [5.41, 5.74) is 2.05. The van der Waals surface area contributed by atoms with Crippen molar-refractivity contribution in [1.29, 1.82) is 0 Å². The first kappa shape index (κ1) is 10.1. The van der Waals surface area contributed by atoms with E-state index in [0.717, 1.165) is 16.5 Å². The maximum absolute atomic E-state index is 10.9. The Morgan fingerprint density at radius 2 is 2.20 bits per heavy atom. The number of halogens is 1. The van der Waals surface area contributed by atoms with Gasteiger partial charge >= 0.3 is 5.97 Å². The summed E-state index contributed by atoms with van der Waals surface area (Å²) >= 11 is 6.03. The van der Waals surface area contributed by atoms with Gasteiger partial charge in [-0.05, 0) is 24.6 Å². The fraction of sp³-hybridized carbons (Fsp3) is 0.182. The van der Waals surface area contributed by atoms with Crippen LogP contribution in [0.3, 0.4) is 0 Å². The van der Waals surface area contributed by atoms with Gasteiger partial charge in [0.05, 0.1) is 16.1 Å². The molecular weight excluding hydrogens is 214 g/mol. The van der Waals surface area contributed by atoms with E-state index in [1.807, 2.05) is 30.8 Å². The predicted molar refractivity (Wildman–Crippen MR) is 59.6 cm³/mol. The summed E-state index contributed by atoms with van der Waals surface area (Å²) in [7, 11) is 1.91. The van der Waals surface area contributed by atoms with Gasteiger partial charge in [-0.2, -0.15) is 0 Å². The van der Waals surface area contributed by atoms with Gasteiger partial charge in [0.2, 0.25) is 0 Å². The molecule has 0 saturated heterocycles. The Kier molecular flexibility index (Phi) is 2.20. The van der Waals surface area contributed by atoms with E-state index in [1.165, 1.54) is 0 Å². The monoisotopic (exact) mass is 223 g/mol. The molecule has 0 aliphatic carbocycles. The Balaban J connectivity index is 2.92. The molecule has 4 heteroatoms. The SMILES string of the molecule is Cc1cc(C(=O)O)c(Cl)c2ccn(C)c12. The van der Waals surface area contributed by atoms with Gasteiger partial charge in [0, 0.05) is 18.6 Å². The van der Waals surface area contributed by atoms with Gasteiger partial charge in [-0.3, -0.25) is 0 Å². The summed E-state index contributed by atoms with van der Waals surface area (Å²) < 4.78 is 1.93. The third kappa shape index (κ3) is 1.39. The number of hydrogen-bond donors (Lipinski definition) is 1. The van der Waals surface area contributed by atoms with Crippen LogP contribution in [0.1, 0.15) is 15.9 Å². The number of aromatic nitrogens is 1. The molecule has 0 amide bonds. The number of hydrogen-bond acceptors (Lipinski definition) is 1. The molecule has 0 unspecified atom stereocenters. The standard InChI is InChI=1S/C11H10ClNO2/c1-6-5-8(11(14)15)9(12)7-3-4-13(2)10(6)7/h3-5H,1-2H3,(H,14,15). The minimum atomic E-state index is -0.992. The van der Waals surface area contributed by atoms with Crippen LogP contribution < -0.4 is 0 Å². The molecule has 1 N–H and O–H groups in total. The zero-order valence-corrected chi connectivity index (χ0v) is 9.17. The summed E-state index contributed by atoms with van der Waals surface area (Å²) in [6.07, 6.45) is 1.87. The van der Waals surface area contributed by atoms with Crippen molar-refractivity contribution in [3.8, 4) is 0 Å². The van der Waals surface area contributed by atoms with Crippen molar-refractivity contribution in [2.24, 2.45) is 7.05 Å². The maximum atomic E-state index is 10.9. The van der Waals surface area contributed by atoms with Crippen LogP contribution in [0.25, 0.3) is 10.9 Å². The maximum Gasteiger partial charge on any atom is 0.337 e. The summed E-state index contributed by atoms with van der Waals surface area (Å²) in [5.74, 6) is -0.992. The lowest BCUT2D eigenvalue weighted by molar-refractivity contribution is 0.0697. The van der Waals surface area contributed by atoms with Crippen LogP contribution in [0.2, 0.25) is 5.02 Å². The highest BCUT2D eigenvalue weighted by atomic mass is 35.5. The van der Waals surface area contributed by atoms with E-state index in [4.69, 9.17) is 16.7 Å². The Bertz CT molecular complexity index is 557. The Hall–Kier alpha value is -1.48. The number of benzene rings is 1. The number of aryl methyl sites for hydroxylation is 2. The first-order valence-corrected chi connectivity index (χ1v) is 4.87. The summed E-state index contributed by atoms with van der Waals surface area (Å²) in [5, 5.41) is 10.1. The van der Waals surface area contributed by atoms with Crippen LogP contribution in [0.15, 0.2) is 18.3 Å². The van der Waals surface area contributed by atoms with Gasteiger partial charge in [0.15, 0.2) is 0 Å². The molecule has 1 heterocycles. The quantitative estimate of drug-likeness (QED) is 0.808. The summed E-state index contributed by atoms with van der Waals surface area (Å²) in [6, 6.07) is 3.43. The molecule has 0 bridgehead atoms. The molecule has 0 aliphatic rings. The van der Waals surface area contributed by atoms with Crippen LogP contribution in [0, 0.1) is 6.92 Å². The van der Waals surface area contributed by atoms with E-state index >= 15 is 0 Å².